The Kier molecular flexibility index (Phi) is 3.92. The third-order valence-corrected chi connectivity index (χ3v) is 3.51. The van der Waals surface area contributed by atoms with Crippen LogP contribution in [0.5, 0.6) is 0 Å². The summed E-state index contributed by atoms with van der Waals surface area (Å²) in [5.41, 5.74) is 8.87. The number of rotatable bonds is 4. The molecule has 0 aliphatic carbocycles. The first kappa shape index (κ1) is 12.3. The van der Waals surface area contributed by atoms with E-state index in [0.717, 1.165) is 17.8 Å². The van der Waals surface area contributed by atoms with E-state index in [-0.39, 0.29) is 0 Å². The molecule has 0 spiro atoms. The zero-order valence-electron chi connectivity index (χ0n) is 9.61. The van der Waals surface area contributed by atoms with Crippen molar-refractivity contribution in [3.8, 4) is 0 Å². The van der Waals surface area contributed by atoms with E-state index < -0.39 is 0 Å². The molecule has 2 nitrogen and oxygen atoms in total. The number of benzene rings is 1. The van der Waals surface area contributed by atoms with Crippen molar-refractivity contribution < 1.29 is 0 Å². The number of nitrogen functional groups attached to an aromatic ring is 1. The molecule has 3 N–H and O–H groups in total. The maximum Gasteiger partial charge on any atom is 0.0591 e. The van der Waals surface area contributed by atoms with E-state index in [9.17, 15) is 0 Å². The predicted octanol–water partition coefficient (Wildman–Crippen LogP) is 4.03. The van der Waals surface area contributed by atoms with E-state index in [2.05, 4.69) is 29.1 Å². The summed E-state index contributed by atoms with van der Waals surface area (Å²) < 4.78 is 0. The molecule has 0 saturated heterocycles. The summed E-state index contributed by atoms with van der Waals surface area (Å²) in [4.78, 5) is 0. The smallest absolute Gasteiger partial charge is 0.0591 e. The predicted molar refractivity (Wildman–Crippen MR) is 77.0 cm³/mol. The van der Waals surface area contributed by atoms with Gasteiger partial charge < -0.3 is 11.1 Å². The van der Waals surface area contributed by atoms with E-state index in [0.29, 0.717) is 11.1 Å². The molecule has 0 amide bonds. The van der Waals surface area contributed by atoms with Crippen LogP contribution in [-0.4, -0.2) is 6.04 Å². The Labute approximate surface area is 110 Å². The number of nitrogens with two attached hydrogens (primary N) is 1. The van der Waals surface area contributed by atoms with Gasteiger partial charge in [0.05, 0.1) is 11.4 Å². The molecule has 1 aromatic heterocycles. The number of thiophene rings is 1. The van der Waals surface area contributed by atoms with Gasteiger partial charge in [-0.15, -0.1) is 0 Å². The van der Waals surface area contributed by atoms with Crippen LogP contribution in [0.15, 0.2) is 35.0 Å². The first-order valence-electron chi connectivity index (χ1n) is 5.48. The van der Waals surface area contributed by atoms with Crippen LogP contribution < -0.4 is 11.1 Å². The lowest BCUT2D eigenvalue weighted by Crippen LogP contribution is -2.18. The molecule has 0 radical (unpaired) electrons. The summed E-state index contributed by atoms with van der Waals surface area (Å²) in [5.74, 6) is 0. The Morgan fingerprint density at radius 3 is 2.94 bits per heavy atom. The van der Waals surface area contributed by atoms with Gasteiger partial charge in [0.25, 0.3) is 0 Å². The SMILES string of the molecule is CC(Cc1ccsc1)Nc1cc(Cl)ccc1N. The minimum absolute atomic E-state index is 0.324. The van der Waals surface area contributed by atoms with Gasteiger partial charge in [-0.1, -0.05) is 11.6 Å². The van der Waals surface area contributed by atoms with Crippen LogP contribution in [0.2, 0.25) is 5.02 Å². The third kappa shape index (κ3) is 3.38. The summed E-state index contributed by atoms with van der Waals surface area (Å²) in [6.07, 6.45) is 0.982. The van der Waals surface area contributed by atoms with E-state index in [1.54, 1.807) is 17.4 Å². The average Bonchev–Trinajstić information content (AvgIpc) is 2.76. The molecule has 90 valence electrons. The normalized spacial score (nSPS) is 12.4. The minimum Gasteiger partial charge on any atom is -0.397 e. The Bertz CT molecular complexity index is 482. The largest absolute Gasteiger partial charge is 0.397 e. The highest BCUT2D eigenvalue weighted by Gasteiger charge is 2.06. The van der Waals surface area contributed by atoms with Crippen LogP contribution >= 0.6 is 22.9 Å². The Balaban J connectivity index is 2.02. The highest BCUT2D eigenvalue weighted by atomic mass is 35.5. The lowest BCUT2D eigenvalue weighted by Gasteiger charge is -2.16. The fraction of sp³-hybridized carbons (Fsp3) is 0.231. The second kappa shape index (κ2) is 5.43. The first-order chi connectivity index (χ1) is 8.15. The standard InChI is InChI=1S/C13H15ClN2S/c1-9(6-10-4-5-17-8-10)16-13-7-11(14)2-3-12(13)15/h2-5,7-9,16H,6,15H2,1H3. The van der Waals surface area contributed by atoms with E-state index in [4.69, 9.17) is 17.3 Å². The maximum atomic E-state index is 5.95. The number of halogens is 1. The van der Waals surface area contributed by atoms with Gasteiger partial charge in [0.1, 0.15) is 0 Å². The lowest BCUT2D eigenvalue weighted by atomic mass is 10.1. The van der Waals surface area contributed by atoms with Gasteiger partial charge in [-0.2, -0.15) is 11.3 Å². The van der Waals surface area contributed by atoms with Crippen LogP contribution in [0, 0.1) is 0 Å². The minimum atomic E-state index is 0.324. The molecule has 1 aromatic carbocycles. The summed E-state index contributed by atoms with van der Waals surface area (Å²) in [5, 5.41) is 8.34. The monoisotopic (exact) mass is 266 g/mol. The van der Waals surface area contributed by atoms with Gasteiger partial charge in [-0.05, 0) is 53.9 Å². The van der Waals surface area contributed by atoms with Crippen LogP contribution in [0.1, 0.15) is 12.5 Å². The van der Waals surface area contributed by atoms with Crippen LogP contribution in [0.4, 0.5) is 11.4 Å². The summed E-state index contributed by atoms with van der Waals surface area (Å²) in [7, 11) is 0. The van der Waals surface area contributed by atoms with Gasteiger partial charge in [0.2, 0.25) is 0 Å². The molecule has 17 heavy (non-hydrogen) atoms. The van der Waals surface area contributed by atoms with E-state index in [1.807, 2.05) is 12.1 Å². The quantitative estimate of drug-likeness (QED) is 0.820. The van der Waals surface area contributed by atoms with Gasteiger partial charge in [-0.3, -0.25) is 0 Å². The van der Waals surface area contributed by atoms with Crippen LogP contribution in [0.25, 0.3) is 0 Å². The molecular formula is C13H15ClN2S. The molecule has 1 heterocycles. The molecule has 1 unspecified atom stereocenters. The second-order valence-corrected chi connectivity index (χ2v) is 5.33. The Morgan fingerprint density at radius 2 is 2.24 bits per heavy atom. The maximum absolute atomic E-state index is 5.95. The topological polar surface area (TPSA) is 38.0 Å². The second-order valence-electron chi connectivity index (χ2n) is 4.11. The Hall–Kier alpha value is -1.19. The van der Waals surface area contributed by atoms with Crippen molar-refractivity contribution in [1.29, 1.82) is 0 Å². The number of hydrogen-bond donors (Lipinski definition) is 2. The molecule has 2 rings (SSSR count). The van der Waals surface area contributed by atoms with Gasteiger partial charge >= 0.3 is 0 Å². The van der Waals surface area contributed by atoms with Crippen molar-refractivity contribution in [2.24, 2.45) is 0 Å². The summed E-state index contributed by atoms with van der Waals surface area (Å²) in [6.45, 7) is 2.14. The van der Waals surface area contributed by atoms with Gasteiger partial charge in [0.15, 0.2) is 0 Å². The zero-order chi connectivity index (χ0) is 12.3. The van der Waals surface area contributed by atoms with Crippen molar-refractivity contribution in [3.63, 3.8) is 0 Å². The number of anilines is 2. The van der Waals surface area contributed by atoms with Crippen molar-refractivity contribution in [1.82, 2.24) is 0 Å². The van der Waals surface area contributed by atoms with E-state index >= 15 is 0 Å². The fourth-order valence-corrected chi connectivity index (χ4v) is 2.59. The Morgan fingerprint density at radius 1 is 1.41 bits per heavy atom. The van der Waals surface area contributed by atoms with E-state index in [1.165, 1.54) is 5.56 Å². The lowest BCUT2D eigenvalue weighted by molar-refractivity contribution is 0.793. The van der Waals surface area contributed by atoms with Crippen LogP contribution in [-0.2, 0) is 6.42 Å². The molecule has 2 aromatic rings. The highest BCUT2D eigenvalue weighted by Crippen LogP contribution is 2.24. The molecule has 0 saturated carbocycles. The molecule has 1 atom stereocenters. The molecule has 0 aliphatic heterocycles. The summed E-state index contributed by atoms with van der Waals surface area (Å²) >= 11 is 7.67. The molecule has 0 fully saturated rings. The van der Waals surface area contributed by atoms with Crippen molar-refractivity contribution in [2.75, 3.05) is 11.1 Å². The number of hydrogen-bond acceptors (Lipinski definition) is 3. The molecule has 0 aliphatic rings. The zero-order valence-corrected chi connectivity index (χ0v) is 11.2. The highest BCUT2D eigenvalue weighted by molar-refractivity contribution is 7.07. The number of nitrogens with one attached hydrogen (secondary N) is 1. The molecule has 0 bridgehead atoms. The van der Waals surface area contributed by atoms with Gasteiger partial charge in [-0.25, -0.2) is 0 Å². The van der Waals surface area contributed by atoms with Crippen molar-refractivity contribution >= 4 is 34.3 Å². The van der Waals surface area contributed by atoms with Crippen LogP contribution in [0.3, 0.4) is 0 Å². The van der Waals surface area contributed by atoms with Crippen molar-refractivity contribution in [2.45, 2.75) is 19.4 Å². The van der Waals surface area contributed by atoms with Gasteiger partial charge in [0, 0.05) is 11.1 Å². The average molecular weight is 267 g/mol. The molecular weight excluding hydrogens is 252 g/mol. The van der Waals surface area contributed by atoms with Crippen molar-refractivity contribution in [3.05, 3.63) is 45.6 Å². The first-order valence-corrected chi connectivity index (χ1v) is 6.80. The summed E-state index contributed by atoms with van der Waals surface area (Å²) in [6, 6.07) is 7.95. The molecule has 4 heteroatoms. The third-order valence-electron chi connectivity index (χ3n) is 2.54. The fourth-order valence-electron chi connectivity index (χ4n) is 1.73.